The van der Waals surface area contributed by atoms with Gasteiger partial charge in [0.25, 0.3) is 0 Å². The third-order valence-corrected chi connectivity index (χ3v) is 5.09. The van der Waals surface area contributed by atoms with Crippen molar-refractivity contribution < 1.29 is 0 Å². The Morgan fingerprint density at radius 1 is 1.27 bits per heavy atom. The van der Waals surface area contributed by atoms with Gasteiger partial charge in [0.15, 0.2) is 0 Å². The number of rotatable bonds is 5. The standard InChI is InChI=1S/C13H25NS/c1-3-15-13-6-4-5-12(9-13)14-10(2)11-7-8-11/h10-14H,3-9H2,1-2H3. The summed E-state index contributed by atoms with van der Waals surface area (Å²) in [6, 6.07) is 1.60. The van der Waals surface area contributed by atoms with Gasteiger partial charge in [0.2, 0.25) is 0 Å². The van der Waals surface area contributed by atoms with Crippen LogP contribution in [-0.4, -0.2) is 23.1 Å². The molecule has 2 fully saturated rings. The summed E-state index contributed by atoms with van der Waals surface area (Å²) >= 11 is 2.17. The Labute approximate surface area is 98.8 Å². The van der Waals surface area contributed by atoms with Crippen molar-refractivity contribution in [2.75, 3.05) is 5.75 Å². The first-order chi connectivity index (χ1) is 7.29. The Morgan fingerprint density at radius 3 is 2.73 bits per heavy atom. The van der Waals surface area contributed by atoms with Gasteiger partial charge < -0.3 is 5.32 Å². The van der Waals surface area contributed by atoms with Gasteiger partial charge in [0.1, 0.15) is 0 Å². The molecule has 2 saturated carbocycles. The van der Waals surface area contributed by atoms with Crippen LogP contribution in [0.4, 0.5) is 0 Å². The van der Waals surface area contributed by atoms with Crippen LogP contribution in [0.15, 0.2) is 0 Å². The van der Waals surface area contributed by atoms with Gasteiger partial charge in [-0.3, -0.25) is 0 Å². The summed E-state index contributed by atoms with van der Waals surface area (Å²) in [5.74, 6) is 2.29. The van der Waals surface area contributed by atoms with Crippen LogP contribution in [0.1, 0.15) is 52.4 Å². The van der Waals surface area contributed by atoms with E-state index in [-0.39, 0.29) is 0 Å². The summed E-state index contributed by atoms with van der Waals surface area (Å²) < 4.78 is 0. The molecule has 1 nitrogen and oxygen atoms in total. The monoisotopic (exact) mass is 227 g/mol. The van der Waals surface area contributed by atoms with Crippen LogP contribution in [0.3, 0.4) is 0 Å². The SMILES string of the molecule is CCSC1CCCC(NC(C)C2CC2)C1. The Hall–Kier alpha value is 0.310. The molecule has 0 aliphatic heterocycles. The van der Waals surface area contributed by atoms with Crippen LogP contribution in [0.25, 0.3) is 0 Å². The van der Waals surface area contributed by atoms with Crippen molar-refractivity contribution in [3.8, 4) is 0 Å². The first-order valence-corrected chi connectivity index (χ1v) is 7.72. The van der Waals surface area contributed by atoms with Crippen LogP contribution < -0.4 is 5.32 Å². The molecule has 88 valence electrons. The van der Waals surface area contributed by atoms with Crippen LogP contribution >= 0.6 is 11.8 Å². The van der Waals surface area contributed by atoms with Gasteiger partial charge in [0, 0.05) is 17.3 Å². The summed E-state index contributed by atoms with van der Waals surface area (Å²) in [7, 11) is 0. The second kappa shape index (κ2) is 5.58. The fourth-order valence-electron chi connectivity index (χ4n) is 2.79. The summed E-state index contributed by atoms with van der Waals surface area (Å²) in [6.07, 6.45) is 8.65. The molecule has 3 atom stereocenters. The topological polar surface area (TPSA) is 12.0 Å². The van der Waals surface area contributed by atoms with Crippen molar-refractivity contribution >= 4 is 11.8 Å². The lowest BCUT2D eigenvalue weighted by atomic mass is 9.94. The highest BCUT2D eigenvalue weighted by molar-refractivity contribution is 7.99. The van der Waals surface area contributed by atoms with E-state index in [2.05, 4.69) is 30.9 Å². The molecule has 0 aromatic heterocycles. The minimum Gasteiger partial charge on any atom is -0.311 e. The van der Waals surface area contributed by atoms with Crippen LogP contribution in [0.2, 0.25) is 0 Å². The van der Waals surface area contributed by atoms with E-state index in [4.69, 9.17) is 0 Å². The van der Waals surface area contributed by atoms with Gasteiger partial charge in [-0.25, -0.2) is 0 Å². The normalized spacial score (nSPS) is 34.0. The van der Waals surface area contributed by atoms with Crippen LogP contribution in [0.5, 0.6) is 0 Å². The second-order valence-corrected chi connectivity index (χ2v) is 6.81. The Bertz CT molecular complexity index is 189. The number of thioether (sulfide) groups is 1. The average Bonchev–Trinajstić information content (AvgIpc) is 3.01. The third-order valence-electron chi connectivity index (χ3n) is 3.86. The lowest BCUT2D eigenvalue weighted by Crippen LogP contribution is -2.41. The zero-order valence-corrected chi connectivity index (χ0v) is 11.0. The van der Waals surface area contributed by atoms with Crippen molar-refractivity contribution in [2.24, 2.45) is 5.92 Å². The Balaban J connectivity index is 1.71. The van der Waals surface area contributed by atoms with Crippen molar-refractivity contribution in [2.45, 2.75) is 69.7 Å². The van der Waals surface area contributed by atoms with Gasteiger partial charge in [-0.2, -0.15) is 11.8 Å². The van der Waals surface area contributed by atoms with E-state index in [1.54, 1.807) is 0 Å². The molecule has 0 heterocycles. The van der Waals surface area contributed by atoms with Gasteiger partial charge in [-0.05, 0) is 50.7 Å². The van der Waals surface area contributed by atoms with E-state index < -0.39 is 0 Å². The highest BCUT2D eigenvalue weighted by atomic mass is 32.2. The molecule has 2 aliphatic rings. The molecule has 0 bridgehead atoms. The van der Waals surface area contributed by atoms with Crippen molar-refractivity contribution in [1.82, 2.24) is 5.32 Å². The molecule has 0 saturated heterocycles. The number of nitrogens with one attached hydrogen (secondary N) is 1. The second-order valence-electron chi connectivity index (χ2n) is 5.23. The smallest absolute Gasteiger partial charge is 0.00801 e. The Kier molecular flexibility index (Phi) is 4.39. The van der Waals surface area contributed by atoms with Crippen molar-refractivity contribution in [3.05, 3.63) is 0 Å². The van der Waals surface area contributed by atoms with Gasteiger partial charge in [-0.1, -0.05) is 13.3 Å². The van der Waals surface area contributed by atoms with E-state index in [0.717, 1.165) is 23.3 Å². The van der Waals surface area contributed by atoms with Gasteiger partial charge in [-0.15, -0.1) is 0 Å². The molecular formula is C13H25NS. The molecule has 15 heavy (non-hydrogen) atoms. The summed E-state index contributed by atoms with van der Waals surface area (Å²) in [4.78, 5) is 0. The fraction of sp³-hybridized carbons (Fsp3) is 1.00. The van der Waals surface area contributed by atoms with E-state index in [1.165, 1.54) is 44.3 Å². The molecule has 0 spiro atoms. The number of hydrogen-bond acceptors (Lipinski definition) is 2. The van der Waals surface area contributed by atoms with Crippen molar-refractivity contribution in [1.29, 1.82) is 0 Å². The molecule has 0 amide bonds. The largest absolute Gasteiger partial charge is 0.311 e. The predicted octanol–water partition coefficient (Wildman–Crippen LogP) is 3.44. The minimum absolute atomic E-state index is 0.778. The average molecular weight is 227 g/mol. The van der Waals surface area contributed by atoms with Crippen LogP contribution in [0, 0.1) is 5.92 Å². The Morgan fingerprint density at radius 2 is 2.07 bits per heavy atom. The quantitative estimate of drug-likeness (QED) is 0.772. The maximum atomic E-state index is 3.86. The zero-order valence-electron chi connectivity index (χ0n) is 10.2. The molecule has 2 aliphatic carbocycles. The van der Waals surface area contributed by atoms with E-state index in [0.29, 0.717) is 0 Å². The molecule has 0 aromatic rings. The first-order valence-electron chi connectivity index (χ1n) is 6.67. The molecule has 0 radical (unpaired) electrons. The molecule has 2 heteroatoms. The highest BCUT2D eigenvalue weighted by Gasteiger charge is 2.30. The zero-order chi connectivity index (χ0) is 10.7. The lowest BCUT2D eigenvalue weighted by Gasteiger charge is -2.31. The molecule has 0 aromatic carbocycles. The number of hydrogen-bond donors (Lipinski definition) is 1. The summed E-state index contributed by atoms with van der Waals surface area (Å²) in [5, 5.41) is 4.79. The predicted molar refractivity (Wildman–Crippen MR) is 69.5 cm³/mol. The highest BCUT2D eigenvalue weighted by Crippen LogP contribution is 2.34. The van der Waals surface area contributed by atoms with E-state index in [9.17, 15) is 0 Å². The first kappa shape index (κ1) is 11.8. The summed E-state index contributed by atoms with van der Waals surface area (Å²) in [5.41, 5.74) is 0. The molecule has 1 N–H and O–H groups in total. The minimum atomic E-state index is 0.778. The summed E-state index contributed by atoms with van der Waals surface area (Å²) in [6.45, 7) is 4.67. The molecule has 3 unspecified atom stereocenters. The van der Waals surface area contributed by atoms with Crippen molar-refractivity contribution in [3.63, 3.8) is 0 Å². The van der Waals surface area contributed by atoms with E-state index >= 15 is 0 Å². The molecular weight excluding hydrogens is 202 g/mol. The van der Waals surface area contributed by atoms with E-state index in [1.807, 2.05) is 0 Å². The molecule has 2 rings (SSSR count). The lowest BCUT2D eigenvalue weighted by molar-refractivity contribution is 0.335. The van der Waals surface area contributed by atoms with Crippen LogP contribution in [-0.2, 0) is 0 Å². The third kappa shape index (κ3) is 3.67. The fourth-order valence-corrected chi connectivity index (χ4v) is 3.96. The van der Waals surface area contributed by atoms with Gasteiger partial charge in [0.05, 0.1) is 0 Å². The van der Waals surface area contributed by atoms with Gasteiger partial charge >= 0.3 is 0 Å². The maximum Gasteiger partial charge on any atom is 0.00801 e. The maximum absolute atomic E-state index is 3.86.